The molecular formula is C16H17ClO2. The molecule has 0 saturated heterocycles. The zero-order valence-corrected chi connectivity index (χ0v) is 11.6. The predicted molar refractivity (Wildman–Crippen MR) is 77.7 cm³/mol. The van der Waals surface area contributed by atoms with Gasteiger partial charge in [-0.15, -0.1) is 0 Å². The Morgan fingerprint density at radius 3 is 2.58 bits per heavy atom. The average Bonchev–Trinajstić information content (AvgIpc) is 2.41. The lowest BCUT2D eigenvalue weighted by Crippen LogP contribution is -2.04. The summed E-state index contributed by atoms with van der Waals surface area (Å²) in [7, 11) is 0. The highest BCUT2D eigenvalue weighted by molar-refractivity contribution is 6.30. The van der Waals surface area contributed by atoms with Crippen LogP contribution in [0, 0.1) is 0 Å². The summed E-state index contributed by atoms with van der Waals surface area (Å²) in [5, 5.41) is 10.3. The molecule has 0 saturated carbocycles. The molecule has 0 aromatic heterocycles. The van der Waals surface area contributed by atoms with Crippen LogP contribution in [0.3, 0.4) is 0 Å². The third-order valence-corrected chi connectivity index (χ3v) is 3.15. The van der Waals surface area contributed by atoms with E-state index in [1.807, 2.05) is 18.2 Å². The van der Waals surface area contributed by atoms with Crippen LogP contribution in [0.4, 0.5) is 0 Å². The van der Waals surface area contributed by atoms with Crippen LogP contribution in [0.25, 0.3) is 0 Å². The highest BCUT2D eigenvalue weighted by Crippen LogP contribution is 2.28. The van der Waals surface area contributed by atoms with Crippen molar-refractivity contribution in [2.75, 3.05) is 6.61 Å². The van der Waals surface area contributed by atoms with Crippen molar-refractivity contribution in [2.45, 2.75) is 19.4 Å². The SMILES string of the molecule is C[C@H](O)c1cc(Cl)ccc1OCCc1ccccc1. The zero-order chi connectivity index (χ0) is 13.7. The highest BCUT2D eigenvalue weighted by atomic mass is 35.5. The summed E-state index contributed by atoms with van der Waals surface area (Å²) in [5.74, 6) is 0.690. The number of hydrogen-bond acceptors (Lipinski definition) is 2. The Morgan fingerprint density at radius 1 is 1.16 bits per heavy atom. The number of aliphatic hydroxyl groups is 1. The Bertz CT molecular complexity index is 524. The van der Waals surface area contributed by atoms with E-state index < -0.39 is 6.10 Å². The van der Waals surface area contributed by atoms with Gasteiger partial charge >= 0.3 is 0 Å². The van der Waals surface area contributed by atoms with Gasteiger partial charge in [-0.25, -0.2) is 0 Å². The van der Waals surface area contributed by atoms with E-state index in [-0.39, 0.29) is 0 Å². The second kappa shape index (κ2) is 6.60. The first-order valence-electron chi connectivity index (χ1n) is 6.31. The van der Waals surface area contributed by atoms with Crippen molar-refractivity contribution in [1.82, 2.24) is 0 Å². The summed E-state index contributed by atoms with van der Waals surface area (Å²) >= 11 is 5.92. The van der Waals surface area contributed by atoms with Crippen LogP contribution in [0.15, 0.2) is 48.5 Å². The van der Waals surface area contributed by atoms with Crippen molar-refractivity contribution in [2.24, 2.45) is 0 Å². The molecule has 0 spiro atoms. The van der Waals surface area contributed by atoms with Gasteiger partial charge in [-0.2, -0.15) is 0 Å². The molecule has 2 aromatic carbocycles. The Morgan fingerprint density at radius 2 is 1.89 bits per heavy atom. The molecule has 2 rings (SSSR count). The molecule has 0 amide bonds. The predicted octanol–water partition coefficient (Wildman–Crippen LogP) is 4.01. The summed E-state index contributed by atoms with van der Waals surface area (Å²) in [4.78, 5) is 0. The lowest BCUT2D eigenvalue weighted by molar-refractivity contribution is 0.191. The fourth-order valence-corrected chi connectivity index (χ4v) is 2.08. The molecule has 0 aliphatic rings. The molecule has 0 radical (unpaired) electrons. The first-order valence-corrected chi connectivity index (χ1v) is 6.69. The van der Waals surface area contributed by atoms with E-state index in [2.05, 4.69) is 12.1 Å². The molecule has 0 bridgehead atoms. The second-order valence-corrected chi connectivity index (χ2v) is 4.88. The Balaban J connectivity index is 2.00. The molecule has 100 valence electrons. The van der Waals surface area contributed by atoms with Crippen molar-refractivity contribution in [1.29, 1.82) is 0 Å². The number of benzene rings is 2. The van der Waals surface area contributed by atoms with Gasteiger partial charge in [0.2, 0.25) is 0 Å². The highest BCUT2D eigenvalue weighted by Gasteiger charge is 2.09. The van der Waals surface area contributed by atoms with Crippen molar-refractivity contribution >= 4 is 11.6 Å². The second-order valence-electron chi connectivity index (χ2n) is 4.44. The largest absolute Gasteiger partial charge is 0.493 e. The normalized spacial score (nSPS) is 12.2. The molecule has 2 nitrogen and oxygen atoms in total. The van der Waals surface area contributed by atoms with Gasteiger partial charge in [0.15, 0.2) is 0 Å². The van der Waals surface area contributed by atoms with Gasteiger partial charge in [0.1, 0.15) is 5.75 Å². The van der Waals surface area contributed by atoms with Crippen molar-refractivity contribution in [3.8, 4) is 5.75 Å². The molecule has 3 heteroatoms. The van der Waals surface area contributed by atoms with Gasteiger partial charge in [-0.05, 0) is 30.7 Å². The molecule has 0 heterocycles. The minimum Gasteiger partial charge on any atom is -0.493 e. The van der Waals surface area contributed by atoms with Gasteiger partial charge in [-0.3, -0.25) is 0 Å². The molecule has 2 aromatic rings. The number of aliphatic hydroxyl groups excluding tert-OH is 1. The number of rotatable bonds is 5. The lowest BCUT2D eigenvalue weighted by atomic mass is 10.1. The standard InChI is InChI=1S/C16H17ClO2/c1-12(18)15-11-14(17)7-8-16(15)19-10-9-13-5-3-2-4-6-13/h2-8,11-12,18H,9-10H2,1H3/t12-/m0/s1. The van der Waals surface area contributed by atoms with E-state index in [4.69, 9.17) is 16.3 Å². The van der Waals surface area contributed by atoms with Crippen LogP contribution in [0.2, 0.25) is 5.02 Å². The topological polar surface area (TPSA) is 29.5 Å². The van der Waals surface area contributed by atoms with Crippen LogP contribution < -0.4 is 4.74 Å². The van der Waals surface area contributed by atoms with Crippen LogP contribution in [-0.2, 0) is 6.42 Å². The van der Waals surface area contributed by atoms with Gasteiger partial charge in [-0.1, -0.05) is 41.9 Å². The first-order chi connectivity index (χ1) is 9.16. The summed E-state index contributed by atoms with van der Waals surface area (Å²) in [6.07, 6.45) is 0.244. The van der Waals surface area contributed by atoms with E-state index in [0.29, 0.717) is 17.4 Å². The maximum atomic E-state index is 9.71. The minimum atomic E-state index is -0.592. The van der Waals surface area contributed by atoms with E-state index in [1.54, 1.807) is 25.1 Å². The Kier molecular flexibility index (Phi) is 4.83. The summed E-state index contributed by atoms with van der Waals surface area (Å²) in [5.41, 5.74) is 1.95. The Hall–Kier alpha value is -1.51. The molecule has 0 aliphatic heterocycles. The molecule has 0 fully saturated rings. The molecule has 19 heavy (non-hydrogen) atoms. The monoisotopic (exact) mass is 276 g/mol. The van der Waals surface area contributed by atoms with Crippen molar-refractivity contribution in [3.63, 3.8) is 0 Å². The van der Waals surface area contributed by atoms with Crippen LogP contribution in [0.1, 0.15) is 24.2 Å². The third kappa shape index (κ3) is 3.98. The van der Waals surface area contributed by atoms with Gasteiger partial charge in [0.05, 0.1) is 12.7 Å². The maximum absolute atomic E-state index is 9.71. The van der Waals surface area contributed by atoms with E-state index >= 15 is 0 Å². The number of halogens is 1. The number of hydrogen-bond donors (Lipinski definition) is 1. The van der Waals surface area contributed by atoms with Crippen LogP contribution >= 0.6 is 11.6 Å². The van der Waals surface area contributed by atoms with Crippen molar-refractivity contribution in [3.05, 3.63) is 64.7 Å². The third-order valence-electron chi connectivity index (χ3n) is 2.91. The quantitative estimate of drug-likeness (QED) is 0.894. The molecular weight excluding hydrogens is 260 g/mol. The van der Waals surface area contributed by atoms with E-state index in [1.165, 1.54) is 5.56 Å². The first kappa shape index (κ1) is 13.9. The summed E-state index contributed by atoms with van der Waals surface area (Å²) in [6, 6.07) is 15.5. The van der Waals surface area contributed by atoms with E-state index in [9.17, 15) is 5.11 Å². The van der Waals surface area contributed by atoms with Gasteiger partial charge in [0.25, 0.3) is 0 Å². The van der Waals surface area contributed by atoms with Gasteiger partial charge in [0, 0.05) is 17.0 Å². The zero-order valence-electron chi connectivity index (χ0n) is 10.8. The minimum absolute atomic E-state index is 0.575. The molecule has 1 N–H and O–H groups in total. The summed E-state index contributed by atoms with van der Waals surface area (Å²) in [6.45, 7) is 2.28. The average molecular weight is 277 g/mol. The van der Waals surface area contributed by atoms with Crippen LogP contribution in [0.5, 0.6) is 5.75 Å². The van der Waals surface area contributed by atoms with E-state index in [0.717, 1.165) is 12.0 Å². The van der Waals surface area contributed by atoms with Crippen molar-refractivity contribution < 1.29 is 9.84 Å². The van der Waals surface area contributed by atoms with Crippen LogP contribution in [-0.4, -0.2) is 11.7 Å². The lowest BCUT2D eigenvalue weighted by Gasteiger charge is -2.13. The van der Waals surface area contributed by atoms with Gasteiger partial charge < -0.3 is 9.84 Å². The Labute approximate surface area is 118 Å². The number of ether oxygens (including phenoxy) is 1. The maximum Gasteiger partial charge on any atom is 0.125 e. The molecule has 0 aliphatic carbocycles. The smallest absolute Gasteiger partial charge is 0.125 e. The molecule has 1 atom stereocenters. The summed E-state index contributed by atoms with van der Waals surface area (Å²) < 4.78 is 5.74. The fraction of sp³-hybridized carbons (Fsp3) is 0.250. The fourth-order valence-electron chi connectivity index (χ4n) is 1.90. The molecule has 0 unspecified atom stereocenters.